The molecule has 2 N–H and O–H groups in total. The van der Waals surface area contributed by atoms with Crippen molar-refractivity contribution in [3.05, 3.63) is 59.7 Å². The van der Waals surface area contributed by atoms with Gasteiger partial charge in [-0.15, -0.1) is 0 Å². The van der Waals surface area contributed by atoms with Crippen molar-refractivity contribution in [2.24, 2.45) is 0 Å². The van der Waals surface area contributed by atoms with Crippen LogP contribution in [0.15, 0.2) is 48.5 Å². The molecule has 2 amide bonds. The van der Waals surface area contributed by atoms with Gasteiger partial charge in [-0.05, 0) is 61.2 Å². The van der Waals surface area contributed by atoms with Crippen LogP contribution < -0.4 is 15.4 Å². The van der Waals surface area contributed by atoms with Gasteiger partial charge in [0.05, 0.1) is 6.61 Å². The molecule has 0 aromatic heterocycles. The van der Waals surface area contributed by atoms with Crippen molar-refractivity contribution in [2.45, 2.75) is 33.1 Å². The second-order valence-electron chi connectivity index (χ2n) is 6.78. The van der Waals surface area contributed by atoms with Gasteiger partial charge >= 0.3 is 5.97 Å². The summed E-state index contributed by atoms with van der Waals surface area (Å²) in [6.45, 7) is 5.91. The molecular weight excluding hydrogens is 384 g/mol. The molecule has 1 atom stereocenters. The first-order chi connectivity index (χ1) is 14.4. The van der Waals surface area contributed by atoms with Crippen LogP contribution in [0.1, 0.15) is 49.0 Å². The minimum absolute atomic E-state index is 0.330. The van der Waals surface area contributed by atoms with E-state index in [4.69, 9.17) is 9.47 Å². The van der Waals surface area contributed by atoms with Crippen LogP contribution in [0, 0.1) is 0 Å². The van der Waals surface area contributed by atoms with Gasteiger partial charge in [-0.2, -0.15) is 0 Å². The Balaban J connectivity index is 1.72. The second kappa shape index (κ2) is 11.6. The Kier molecular flexibility index (Phi) is 8.87. The standard InChI is InChI=1S/C23H28N2O5/c1-4-16(3)17-6-10-19(11-7-17)25-21(26)15-30-22(27)14-24-23(28)18-8-12-20(13-9-18)29-5-2/h6-13,16H,4-5,14-15H2,1-3H3,(H,24,28)(H,25,26)/t16-/m1/s1. The van der Waals surface area contributed by atoms with Crippen molar-refractivity contribution in [1.29, 1.82) is 0 Å². The van der Waals surface area contributed by atoms with Crippen LogP contribution in [0.2, 0.25) is 0 Å². The number of hydrogen-bond donors (Lipinski definition) is 2. The number of ether oxygens (including phenoxy) is 2. The predicted octanol–water partition coefficient (Wildman–Crippen LogP) is 3.51. The van der Waals surface area contributed by atoms with E-state index in [2.05, 4.69) is 24.5 Å². The summed E-state index contributed by atoms with van der Waals surface area (Å²) < 4.78 is 10.2. The Morgan fingerprint density at radius 1 is 0.967 bits per heavy atom. The van der Waals surface area contributed by atoms with Gasteiger partial charge in [-0.1, -0.05) is 26.0 Å². The zero-order valence-corrected chi connectivity index (χ0v) is 17.6. The third-order valence-corrected chi connectivity index (χ3v) is 4.56. The molecule has 2 aromatic rings. The Bertz CT molecular complexity index is 847. The van der Waals surface area contributed by atoms with Gasteiger partial charge in [0.1, 0.15) is 12.3 Å². The fourth-order valence-electron chi connectivity index (χ4n) is 2.65. The summed E-state index contributed by atoms with van der Waals surface area (Å²) in [5, 5.41) is 5.13. The second-order valence-corrected chi connectivity index (χ2v) is 6.78. The summed E-state index contributed by atoms with van der Waals surface area (Å²) in [6, 6.07) is 14.1. The Labute approximate surface area is 176 Å². The first-order valence-corrected chi connectivity index (χ1v) is 9.99. The number of carbonyl (C=O) groups is 3. The molecule has 30 heavy (non-hydrogen) atoms. The van der Waals surface area contributed by atoms with Crippen LogP contribution in [-0.2, 0) is 14.3 Å². The van der Waals surface area contributed by atoms with Crippen molar-refractivity contribution in [3.8, 4) is 5.75 Å². The molecule has 0 radical (unpaired) electrons. The van der Waals surface area contributed by atoms with Crippen molar-refractivity contribution in [2.75, 3.05) is 25.1 Å². The lowest BCUT2D eigenvalue weighted by molar-refractivity contribution is -0.146. The highest BCUT2D eigenvalue weighted by molar-refractivity contribution is 5.96. The summed E-state index contributed by atoms with van der Waals surface area (Å²) in [5.41, 5.74) is 2.22. The molecule has 7 nitrogen and oxygen atoms in total. The molecule has 0 saturated carbocycles. The fraction of sp³-hybridized carbons (Fsp3) is 0.348. The van der Waals surface area contributed by atoms with Crippen LogP contribution >= 0.6 is 0 Å². The van der Waals surface area contributed by atoms with E-state index in [0.717, 1.165) is 6.42 Å². The highest BCUT2D eigenvalue weighted by atomic mass is 16.5. The first kappa shape index (κ1) is 22.9. The average molecular weight is 412 g/mol. The average Bonchev–Trinajstić information content (AvgIpc) is 2.76. The third kappa shape index (κ3) is 7.24. The molecule has 0 saturated heterocycles. The number of nitrogens with one attached hydrogen (secondary N) is 2. The van der Waals surface area contributed by atoms with Gasteiger partial charge in [0, 0.05) is 11.3 Å². The van der Waals surface area contributed by atoms with Crippen molar-refractivity contribution >= 4 is 23.5 Å². The topological polar surface area (TPSA) is 93.7 Å². The van der Waals surface area contributed by atoms with E-state index in [-0.39, 0.29) is 6.54 Å². The SMILES string of the molecule is CCOc1ccc(C(=O)NCC(=O)OCC(=O)Nc2ccc([C@H](C)CC)cc2)cc1. The lowest BCUT2D eigenvalue weighted by Gasteiger charge is -2.11. The number of benzene rings is 2. The van der Waals surface area contributed by atoms with Crippen LogP contribution in [0.4, 0.5) is 5.69 Å². The van der Waals surface area contributed by atoms with E-state index in [1.807, 2.05) is 31.2 Å². The zero-order chi connectivity index (χ0) is 21.9. The molecule has 0 fully saturated rings. The third-order valence-electron chi connectivity index (χ3n) is 4.56. The van der Waals surface area contributed by atoms with E-state index in [9.17, 15) is 14.4 Å². The molecule has 0 aliphatic heterocycles. The minimum atomic E-state index is -0.698. The minimum Gasteiger partial charge on any atom is -0.494 e. The van der Waals surface area contributed by atoms with E-state index < -0.39 is 24.4 Å². The summed E-state index contributed by atoms with van der Waals surface area (Å²) in [4.78, 5) is 35.8. The van der Waals surface area contributed by atoms with Gasteiger partial charge in [-0.3, -0.25) is 14.4 Å². The number of carbonyl (C=O) groups excluding carboxylic acids is 3. The molecular formula is C23H28N2O5. The molecule has 2 rings (SSSR count). The van der Waals surface area contributed by atoms with Crippen LogP contribution in [0.3, 0.4) is 0 Å². The summed E-state index contributed by atoms with van der Waals surface area (Å²) in [6.07, 6.45) is 1.04. The molecule has 160 valence electrons. The maximum absolute atomic E-state index is 12.1. The molecule has 0 unspecified atom stereocenters. The number of hydrogen-bond acceptors (Lipinski definition) is 5. The van der Waals surface area contributed by atoms with E-state index in [1.165, 1.54) is 5.56 Å². The molecule has 0 aliphatic carbocycles. The van der Waals surface area contributed by atoms with Gasteiger partial charge in [-0.25, -0.2) is 0 Å². The van der Waals surface area contributed by atoms with E-state index >= 15 is 0 Å². The zero-order valence-electron chi connectivity index (χ0n) is 17.6. The maximum Gasteiger partial charge on any atom is 0.325 e. The summed E-state index contributed by atoms with van der Waals surface area (Å²) in [7, 11) is 0. The highest BCUT2D eigenvalue weighted by Gasteiger charge is 2.11. The lowest BCUT2D eigenvalue weighted by atomic mass is 9.99. The smallest absolute Gasteiger partial charge is 0.325 e. The Morgan fingerprint density at radius 3 is 2.23 bits per heavy atom. The molecule has 7 heteroatoms. The van der Waals surface area contributed by atoms with Gasteiger partial charge in [0.15, 0.2) is 6.61 Å². The van der Waals surface area contributed by atoms with Crippen LogP contribution in [0.5, 0.6) is 5.75 Å². The van der Waals surface area contributed by atoms with Gasteiger partial charge in [0.2, 0.25) is 0 Å². The number of rotatable bonds is 10. The first-order valence-electron chi connectivity index (χ1n) is 9.99. The number of anilines is 1. The highest BCUT2D eigenvalue weighted by Crippen LogP contribution is 2.20. The number of esters is 1. The van der Waals surface area contributed by atoms with Gasteiger partial charge in [0.25, 0.3) is 11.8 Å². The van der Waals surface area contributed by atoms with E-state index in [0.29, 0.717) is 29.5 Å². The molecule has 2 aromatic carbocycles. The fourth-order valence-corrected chi connectivity index (χ4v) is 2.65. The Hall–Kier alpha value is -3.35. The van der Waals surface area contributed by atoms with Crippen molar-refractivity contribution < 1.29 is 23.9 Å². The van der Waals surface area contributed by atoms with Crippen molar-refractivity contribution in [1.82, 2.24) is 5.32 Å². The molecule has 0 spiro atoms. The van der Waals surface area contributed by atoms with Crippen LogP contribution in [0.25, 0.3) is 0 Å². The molecule has 0 bridgehead atoms. The summed E-state index contributed by atoms with van der Waals surface area (Å²) in [5.74, 6) is -0.447. The quantitative estimate of drug-likeness (QED) is 0.583. The normalized spacial score (nSPS) is 11.3. The predicted molar refractivity (Wildman–Crippen MR) is 115 cm³/mol. The summed E-state index contributed by atoms with van der Waals surface area (Å²) >= 11 is 0. The number of amides is 2. The van der Waals surface area contributed by atoms with Crippen LogP contribution in [-0.4, -0.2) is 37.5 Å². The molecule has 0 aliphatic rings. The largest absolute Gasteiger partial charge is 0.494 e. The van der Waals surface area contributed by atoms with Crippen molar-refractivity contribution in [3.63, 3.8) is 0 Å². The van der Waals surface area contributed by atoms with Gasteiger partial charge < -0.3 is 20.1 Å². The maximum atomic E-state index is 12.1. The monoisotopic (exact) mass is 412 g/mol. The molecule has 0 heterocycles. The lowest BCUT2D eigenvalue weighted by Crippen LogP contribution is -2.32. The Morgan fingerprint density at radius 2 is 1.63 bits per heavy atom. The van der Waals surface area contributed by atoms with E-state index in [1.54, 1.807) is 24.3 Å².